The molecule has 222 valence electrons. The number of amides is 2. The second kappa shape index (κ2) is 13.0. The first kappa shape index (κ1) is 32.7. The van der Waals surface area contributed by atoms with Crippen LogP contribution in [0.2, 0.25) is 10.0 Å². The highest BCUT2D eigenvalue weighted by Gasteiger charge is 2.65. The average Bonchev–Trinajstić information content (AvgIpc) is 3.15. The Morgan fingerprint density at radius 2 is 1.71 bits per heavy atom. The van der Waals surface area contributed by atoms with Gasteiger partial charge >= 0.3 is 12.0 Å². The molecule has 3 rings (SSSR count). The fourth-order valence-corrected chi connectivity index (χ4v) is 6.05. The van der Waals surface area contributed by atoms with Crippen LogP contribution in [0.4, 0.5) is 4.79 Å². The van der Waals surface area contributed by atoms with Gasteiger partial charge in [-0.2, -0.15) is 5.26 Å². The summed E-state index contributed by atoms with van der Waals surface area (Å²) in [6.45, 7) is 11.8. The third-order valence-corrected chi connectivity index (χ3v) is 7.72. The van der Waals surface area contributed by atoms with E-state index in [-0.39, 0.29) is 12.0 Å². The summed E-state index contributed by atoms with van der Waals surface area (Å²) in [7, 11) is 0. The summed E-state index contributed by atoms with van der Waals surface area (Å²) in [5, 5.41) is 24.4. The van der Waals surface area contributed by atoms with Crippen LogP contribution in [-0.2, 0) is 14.9 Å². The molecular formula is C32H41Cl2N3O4. The van der Waals surface area contributed by atoms with Gasteiger partial charge in [0.15, 0.2) is 0 Å². The molecule has 1 heterocycles. The standard InChI is InChI=1S/C32H41Cl2N3O4/c1-30(2,3)19-25-32(20-35,22-12-14-23(33)15-13-22)26(21-10-9-11-24(34)18-21)27(28(39)41-31(4,5)6)37(25)29(40)36-16-7-8-17-38/h9-15,18,25-27,38H,7-8,16-17,19H2,1-6H3,(H,36,40). The van der Waals surface area contributed by atoms with Gasteiger partial charge in [0.1, 0.15) is 17.1 Å². The Kier molecular flexibility index (Phi) is 10.4. The molecular weight excluding hydrogens is 561 g/mol. The fourth-order valence-electron chi connectivity index (χ4n) is 5.72. The number of ether oxygens (including phenoxy) is 1. The number of unbranched alkanes of at least 4 members (excludes halogenated alkanes) is 1. The Morgan fingerprint density at radius 1 is 1.05 bits per heavy atom. The number of likely N-dealkylation sites (tertiary alicyclic amines) is 1. The SMILES string of the molecule is CC(C)(C)CC1N(C(=O)NCCCCO)C(C(=O)OC(C)(C)C)C(c2cccc(Cl)c2)C1(C#N)c1ccc(Cl)cc1. The van der Waals surface area contributed by atoms with Crippen LogP contribution < -0.4 is 5.32 Å². The zero-order valence-corrected chi connectivity index (χ0v) is 26.2. The van der Waals surface area contributed by atoms with Crippen molar-refractivity contribution in [2.24, 2.45) is 5.41 Å². The van der Waals surface area contributed by atoms with Gasteiger partial charge in [-0.3, -0.25) is 0 Å². The molecule has 2 aromatic carbocycles. The van der Waals surface area contributed by atoms with E-state index >= 15 is 0 Å². The number of carbonyl (C=O) groups excluding carboxylic acids is 2. The topological polar surface area (TPSA) is 103 Å². The van der Waals surface area contributed by atoms with Crippen LogP contribution in [0.1, 0.15) is 77.8 Å². The van der Waals surface area contributed by atoms with E-state index in [0.717, 1.165) is 0 Å². The molecule has 1 aliphatic rings. The van der Waals surface area contributed by atoms with Crippen molar-refractivity contribution in [1.82, 2.24) is 10.2 Å². The molecule has 0 saturated carbocycles. The molecule has 0 bridgehead atoms. The highest BCUT2D eigenvalue weighted by molar-refractivity contribution is 6.30. The minimum atomic E-state index is -1.35. The van der Waals surface area contributed by atoms with Gasteiger partial charge in [0.05, 0.1) is 12.1 Å². The lowest BCUT2D eigenvalue weighted by Gasteiger charge is -2.39. The van der Waals surface area contributed by atoms with Crippen molar-refractivity contribution in [2.75, 3.05) is 13.2 Å². The molecule has 0 spiro atoms. The van der Waals surface area contributed by atoms with E-state index < -0.39 is 41.0 Å². The minimum absolute atomic E-state index is 0.0116. The Bertz CT molecular complexity index is 1260. The number of carbonyl (C=O) groups is 2. The number of hydrogen-bond acceptors (Lipinski definition) is 5. The van der Waals surface area contributed by atoms with Crippen LogP contribution in [0.25, 0.3) is 0 Å². The van der Waals surface area contributed by atoms with Crippen LogP contribution in [0.5, 0.6) is 0 Å². The second-order valence-corrected chi connectivity index (χ2v) is 13.7. The van der Waals surface area contributed by atoms with Gasteiger partial charge in [-0.1, -0.05) is 68.2 Å². The first-order chi connectivity index (χ1) is 19.1. The van der Waals surface area contributed by atoms with E-state index in [0.29, 0.717) is 47.0 Å². The van der Waals surface area contributed by atoms with Gasteiger partial charge in [0, 0.05) is 29.1 Å². The predicted octanol–water partition coefficient (Wildman–Crippen LogP) is 6.85. The van der Waals surface area contributed by atoms with Crippen molar-refractivity contribution < 1.29 is 19.4 Å². The first-order valence-corrected chi connectivity index (χ1v) is 14.7. The zero-order valence-electron chi connectivity index (χ0n) is 24.7. The number of nitrogens with one attached hydrogen (secondary N) is 1. The number of nitrogens with zero attached hydrogens (tertiary/aromatic N) is 2. The number of benzene rings is 2. The van der Waals surface area contributed by atoms with E-state index in [2.05, 4.69) is 11.4 Å². The largest absolute Gasteiger partial charge is 0.458 e. The van der Waals surface area contributed by atoms with Crippen molar-refractivity contribution in [2.45, 2.75) is 89.8 Å². The number of urea groups is 1. The van der Waals surface area contributed by atoms with Gasteiger partial charge in [0.2, 0.25) is 0 Å². The number of esters is 1. The maximum atomic E-state index is 14.2. The Balaban J connectivity index is 2.38. The van der Waals surface area contributed by atoms with Gasteiger partial charge in [-0.05, 0) is 80.8 Å². The molecule has 41 heavy (non-hydrogen) atoms. The van der Waals surface area contributed by atoms with Crippen molar-refractivity contribution in [3.63, 3.8) is 0 Å². The summed E-state index contributed by atoms with van der Waals surface area (Å²) in [5.74, 6) is -1.41. The van der Waals surface area contributed by atoms with Crippen LogP contribution >= 0.6 is 23.2 Å². The van der Waals surface area contributed by atoms with Gasteiger partial charge in [0.25, 0.3) is 0 Å². The van der Waals surface area contributed by atoms with E-state index in [4.69, 9.17) is 27.9 Å². The smallest absolute Gasteiger partial charge is 0.330 e. The molecule has 0 aromatic heterocycles. The molecule has 9 heteroatoms. The maximum absolute atomic E-state index is 14.2. The molecule has 0 aliphatic carbocycles. The quantitative estimate of drug-likeness (QED) is 0.254. The highest BCUT2D eigenvalue weighted by atomic mass is 35.5. The fraction of sp³-hybridized carbons (Fsp3) is 0.531. The van der Waals surface area contributed by atoms with Crippen molar-refractivity contribution >= 4 is 35.2 Å². The molecule has 4 unspecified atom stereocenters. The summed E-state index contributed by atoms with van der Waals surface area (Å²) in [4.78, 5) is 29.8. The number of halogens is 2. The summed E-state index contributed by atoms with van der Waals surface area (Å²) >= 11 is 12.7. The monoisotopic (exact) mass is 601 g/mol. The lowest BCUT2D eigenvalue weighted by Crippen LogP contribution is -2.54. The van der Waals surface area contributed by atoms with E-state index in [9.17, 15) is 20.0 Å². The van der Waals surface area contributed by atoms with E-state index in [1.807, 2.05) is 26.8 Å². The molecule has 1 aliphatic heterocycles. The third kappa shape index (κ3) is 7.54. The second-order valence-electron chi connectivity index (χ2n) is 12.8. The molecule has 1 fully saturated rings. The molecule has 7 nitrogen and oxygen atoms in total. The molecule has 4 atom stereocenters. The number of nitriles is 1. The molecule has 2 N–H and O–H groups in total. The Hall–Kier alpha value is -2.79. The number of hydrogen-bond donors (Lipinski definition) is 2. The zero-order chi connectivity index (χ0) is 30.6. The first-order valence-electron chi connectivity index (χ1n) is 14.0. The third-order valence-electron chi connectivity index (χ3n) is 7.23. The van der Waals surface area contributed by atoms with E-state index in [1.54, 1.807) is 63.2 Å². The normalized spacial score (nSPS) is 22.7. The lowest BCUT2D eigenvalue weighted by molar-refractivity contribution is -0.160. The van der Waals surface area contributed by atoms with Gasteiger partial charge in [-0.15, -0.1) is 0 Å². The Morgan fingerprint density at radius 3 is 2.24 bits per heavy atom. The van der Waals surface area contributed by atoms with Crippen LogP contribution in [0, 0.1) is 16.7 Å². The maximum Gasteiger partial charge on any atom is 0.330 e. The van der Waals surface area contributed by atoms with Gasteiger partial charge < -0.3 is 20.1 Å². The summed E-state index contributed by atoms with van der Waals surface area (Å²) in [6.07, 6.45) is 1.51. The molecule has 0 radical (unpaired) electrons. The number of rotatable bonds is 8. The Labute approximate surface area is 253 Å². The van der Waals surface area contributed by atoms with Gasteiger partial charge in [-0.25, -0.2) is 9.59 Å². The molecule has 2 aromatic rings. The molecule has 1 saturated heterocycles. The number of aliphatic hydroxyl groups is 1. The van der Waals surface area contributed by atoms with Crippen molar-refractivity contribution in [3.05, 3.63) is 69.7 Å². The minimum Gasteiger partial charge on any atom is -0.458 e. The van der Waals surface area contributed by atoms with Crippen molar-refractivity contribution in [3.8, 4) is 6.07 Å². The molecule has 2 amide bonds. The number of aliphatic hydroxyl groups excluding tert-OH is 1. The van der Waals surface area contributed by atoms with Crippen molar-refractivity contribution in [1.29, 1.82) is 5.26 Å². The van der Waals surface area contributed by atoms with Crippen LogP contribution in [0.3, 0.4) is 0 Å². The predicted molar refractivity (Wildman–Crippen MR) is 162 cm³/mol. The van der Waals surface area contributed by atoms with E-state index in [1.165, 1.54) is 4.90 Å². The van der Waals surface area contributed by atoms with Crippen LogP contribution in [-0.4, -0.2) is 52.8 Å². The van der Waals surface area contributed by atoms with Crippen LogP contribution in [0.15, 0.2) is 48.5 Å². The lowest BCUT2D eigenvalue weighted by atomic mass is 9.63. The summed E-state index contributed by atoms with van der Waals surface area (Å²) in [5.41, 5.74) is -1.22. The summed E-state index contributed by atoms with van der Waals surface area (Å²) in [6, 6.07) is 14.5. The average molecular weight is 603 g/mol. The summed E-state index contributed by atoms with van der Waals surface area (Å²) < 4.78 is 5.94. The highest BCUT2D eigenvalue weighted by Crippen LogP contribution is 2.56.